The molecule has 1 saturated heterocycles. The highest BCUT2D eigenvalue weighted by molar-refractivity contribution is 6.30. The monoisotopic (exact) mass is 401 g/mol. The molecule has 2 heterocycles. The van der Waals surface area contributed by atoms with E-state index in [9.17, 15) is 9.59 Å². The van der Waals surface area contributed by atoms with Crippen molar-refractivity contribution in [1.29, 1.82) is 0 Å². The Balaban J connectivity index is 1.27. The molecule has 2 fully saturated rings. The number of amides is 3. The summed E-state index contributed by atoms with van der Waals surface area (Å²) in [5.74, 6) is 0.956. The summed E-state index contributed by atoms with van der Waals surface area (Å²) in [4.78, 5) is 28.5. The van der Waals surface area contributed by atoms with Gasteiger partial charge in [0.15, 0.2) is 5.76 Å². The average Bonchev–Trinajstić information content (AvgIpc) is 3.38. The fraction of sp³-hybridized carbons (Fsp3) is 0.429. The van der Waals surface area contributed by atoms with Crippen LogP contribution in [0, 0.1) is 6.92 Å². The van der Waals surface area contributed by atoms with E-state index in [0.29, 0.717) is 38.5 Å². The van der Waals surface area contributed by atoms with Gasteiger partial charge < -0.3 is 19.5 Å². The second-order valence-electron chi connectivity index (χ2n) is 7.64. The number of carbonyl (C=O) groups excluding carboxylic acids is 2. The van der Waals surface area contributed by atoms with Crippen LogP contribution in [0.1, 0.15) is 34.7 Å². The van der Waals surface area contributed by atoms with Gasteiger partial charge in [-0.15, -0.1) is 0 Å². The number of carbonyl (C=O) groups is 2. The molecule has 1 aromatic carbocycles. The lowest BCUT2D eigenvalue weighted by molar-refractivity contribution is 0.0632. The van der Waals surface area contributed by atoms with Crippen molar-refractivity contribution in [2.75, 3.05) is 32.7 Å². The number of piperazine rings is 1. The second kappa shape index (κ2) is 7.51. The van der Waals surface area contributed by atoms with Crippen LogP contribution in [0.25, 0.3) is 0 Å². The van der Waals surface area contributed by atoms with Crippen molar-refractivity contribution in [2.45, 2.75) is 25.2 Å². The number of halogens is 1. The van der Waals surface area contributed by atoms with E-state index < -0.39 is 0 Å². The molecule has 1 saturated carbocycles. The summed E-state index contributed by atoms with van der Waals surface area (Å²) in [6.07, 6.45) is 2.14. The predicted octanol–water partition coefficient (Wildman–Crippen LogP) is 3.44. The van der Waals surface area contributed by atoms with Gasteiger partial charge in [-0.2, -0.15) is 0 Å². The highest BCUT2D eigenvalue weighted by Gasteiger charge is 2.44. The maximum atomic E-state index is 12.6. The Morgan fingerprint density at radius 3 is 2.25 bits per heavy atom. The summed E-state index contributed by atoms with van der Waals surface area (Å²) in [7, 11) is 0. The quantitative estimate of drug-likeness (QED) is 0.853. The Labute approximate surface area is 169 Å². The van der Waals surface area contributed by atoms with Crippen molar-refractivity contribution >= 4 is 23.5 Å². The Bertz CT molecular complexity index is 865. The minimum absolute atomic E-state index is 0.0369. The number of benzene rings is 1. The molecule has 4 rings (SSSR count). The van der Waals surface area contributed by atoms with E-state index in [4.69, 9.17) is 16.0 Å². The number of rotatable bonds is 4. The van der Waals surface area contributed by atoms with Crippen LogP contribution in [0.2, 0.25) is 5.02 Å². The standard InChI is InChI=1S/C21H24ClN3O3/c1-15-2-7-18(28-15)19(26)24-10-12-25(13-11-24)20(27)23-14-21(8-9-21)16-3-5-17(22)6-4-16/h2-7H,8-14H2,1H3,(H,23,27). The number of furan rings is 1. The lowest BCUT2D eigenvalue weighted by atomic mass is 9.96. The third-order valence-corrected chi connectivity index (χ3v) is 5.95. The number of nitrogens with zero attached hydrogens (tertiary/aromatic N) is 2. The van der Waals surface area contributed by atoms with Gasteiger partial charge in [-0.25, -0.2) is 4.79 Å². The van der Waals surface area contributed by atoms with Gasteiger partial charge in [0.1, 0.15) is 5.76 Å². The molecule has 0 bridgehead atoms. The number of aryl methyl sites for hydroxylation is 1. The summed E-state index contributed by atoms with van der Waals surface area (Å²) in [6, 6.07) is 11.3. The molecule has 148 valence electrons. The summed E-state index contributed by atoms with van der Waals surface area (Å²) in [5.41, 5.74) is 1.26. The molecule has 3 amide bonds. The molecule has 2 aliphatic rings. The molecule has 28 heavy (non-hydrogen) atoms. The molecule has 1 aliphatic carbocycles. The zero-order chi connectivity index (χ0) is 19.7. The first kappa shape index (κ1) is 18.9. The van der Waals surface area contributed by atoms with Crippen LogP contribution in [0.15, 0.2) is 40.8 Å². The van der Waals surface area contributed by atoms with Crippen LogP contribution in [-0.2, 0) is 5.41 Å². The van der Waals surface area contributed by atoms with Gasteiger partial charge in [0, 0.05) is 43.2 Å². The Morgan fingerprint density at radius 1 is 1.04 bits per heavy atom. The number of hydrogen-bond donors (Lipinski definition) is 1. The summed E-state index contributed by atoms with van der Waals surface area (Å²) in [5, 5.41) is 3.80. The van der Waals surface area contributed by atoms with Crippen LogP contribution >= 0.6 is 11.6 Å². The van der Waals surface area contributed by atoms with Gasteiger partial charge in [-0.05, 0) is 49.6 Å². The lowest BCUT2D eigenvalue weighted by Crippen LogP contribution is -2.53. The van der Waals surface area contributed by atoms with E-state index in [2.05, 4.69) is 5.32 Å². The van der Waals surface area contributed by atoms with E-state index in [1.165, 1.54) is 5.56 Å². The minimum Gasteiger partial charge on any atom is -0.456 e. The van der Waals surface area contributed by atoms with Crippen molar-refractivity contribution in [2.24, 2.45) is 0 Å². The Hall–Kier alpha value is -2.47. The van der Waals surface area contributed by atoms with Gasteiger partial charge >= 0.3 is 6.03 Å². The lowest BCUT2D eigenvalue weighted by Gasteiger charge is -2.34. The maximum absolute atomic E-state index is 12.6. The van der Waals surface area contributed by atoms with Gasteiger partial charge in [0.25, 0.3) is 5.91 Å². The maximum Gasteiger partial charge on any atom is 0.317 e. The third kappa shape index (κ3) is 3.87. The molecule has 0 radical (unpaired) electrons. The number of hydrogen-bond acceptors (Lipinski definition) is 3. The fourth-order valence-corrected chi connectivity index (χ4v) is 3.82. The zero-order valence-corrected chi connectivity index (χ0v) is 16.7. The zero-order valence-electron chi connectivity index (χ0n) is 15.9. The minimum atomic E-state index is -0.118. The molecule has 1 N–H and O–H groups in total. The van der Waals surface area contributed by atoms with E-state index >= 15 is 0 Å². The molecule has 0 spiro atoms. The SMILES string of the molecule is Cc1ccc(C(=O)N2CCN(C(=O)NCC3(c4ccc(Cl)cc4)CC3)CC2)o1. The summed E-state index contributed by atoms with van der Waals surface area (Å²) in [6.45, 7) is 4.49. The van der Waals surface area contributed by atoms with Crippen molar-refractivity contribution in [3.8, 4) is 0 Å². The first-order chi connectivity index (χ1) is 13.5. The third-order valence-electron chi connectivity index (χ3n) is 5.69. The van der Waals surface area contributed by atoms with Crippen LogP contribution in [0.4, 0.5) is 4.79 Å². The molecule has 1 aromatic heterocycles. The van der Waals surface area contributed by atoms with Crippen molar-refractivity contribution in [3.63, 3.8) is 0 Å². The van der Waals surface area contributed by atoms with Crippen molar-refractivity contribution in [3.05, 3.63) is 58.5 Å². The number of nitrogens with one attached hydrogen (secondary N) is 1. The van der Waals surface area contributed by atoms with E-state index in [1.54, 1.807) is 21.9 Å². The van der Waals surface area contributed by atoms with Crippen LogP contribution < -0.4 is 5.32 Å². The van der Waals surface area contributed by atoms with Crippen LogP contribution in [0.5, 0.6) is 0 Å². The molecule has 0 atom stereocenters. The second-order valence-corrected chi connectivity index (χ2v) is 8.07. The Kier molecular flexibility index (Phi) is 5.06. The largest absolute Gasteiger partial charge is 0.456 e. The first-order valence-corrected chi connectivity index (χ1v) is 9.99. The molecular formula is C21H24ClN3O3. The number of urea groups is 1. The van der Waals surface area contributed by atoms with Gasteiger partial charge in [-0.1, -0.05) is 23.7 Å². The van der Waals surface area contributed by atoms with Gasteiger partial charge in [0.05, 0.1) is 0 Å². The molecule has 0 unspecified atom stereocenters. The molecular weight excluding hydrogens is 378 g/mol. The highest BCUT2D eigenvalue weighted by atomic mass is 35.5. The average molecular weight is 402 g/mol. The Morgan fingerprint density at radius 2 is 1.68 bits per heavy atom. The van der Waals surface area contributed by atoms with Crippen molar-refractivity contribution < 1.29 is 14.0 Å². The van der Waals surface area contributed by atoms with Gasteiger partial charge in [0.2, 0.25) is 0 Å². The first-order valence-electron chi connectivity index (χ1n) is 9.61. The predicted molar refractivity (Wildman–Crippen MR) is 107 cm³/mol. The summed E-state index contributed by atoms with van der Waals surface area (Å²) < 4.78 is 5.41. The molecule has 2 aromatic rings. The van der Waals surface area contributed by atoms with Crippen LogP contribution in [-0.4, -0.2) is 54.5 Å². The topological polar surface area (TPSA) is 65.8 Å². The van der Waals surface area contributed by atoms with Crippen LogP contribution in [0.3, 0.4) is 0 Å². The molecule has 1 aliphatic heterocycles. The van der Waals surface area contributed by atoms with E-state index in [1.807, 2.05) is 31.2 Å². The van der Waals surface area contributed by atoms with Crippen molar-refractivity contribution in [1.82, 2.24) is 15.1 Å². The van der Waals surface area contributed by atoms with E-state index in [0.717, 1.165) is 23.6 Å². The smallest absolute Gasteiger partial charge is 0.317 e. The summed E-state index contributed by atoms with van der Waals surface area (Å²) >= 11 is 5.98. The molecule has 6 nitrogen and oxygen atoms in total. The van der Waals surface area contributed by atoms with Gasteiger partial charge in [-0.3, -0.25) is 4.79 Å². The van der Waals surface area contributed by atoms with E-state index in [-0.39, 0.29) is 17.4 Å². The fourth-order valence-electron chi connectivity index (χ4n) is 3.70. The molecule has 7 heteroatoms. The normalized spacial score (nSPS) is 18.1. The highest BCUT2D eigenvalue weighted by Crippen LogP contribution is 2.47.